The van der Waals surface area contributed by atoms with Gasteiger partial charge in [0.2, 0.25) is 5.82 Å². The van der Waals surface area contributed by atoms with Crippen molar-refractivity contribution in [2.24, 2.45) is 5.92 Å². The number of aromatic nitrogens is 4. The first-order valence-corrected chi connectivity index (χ1v) is 7.31. The average molecular weight is 309 g/mol. The van der Waals surface area contributed by atoms with Crippen LogP contribution in [0, 0.1) is 5.92 Å². The minimum Gasteiger partial charge on any atom is -0.164 e. The Balaban J connectivity index is 1.95. The van der Waals surface area contributed by atoms with Gasteiger partial charge in [-0.2, -0.15) is 4.80 Å². The van der Waals surface area contributed by atoms with Crippen molar-refractivity contribution in [3.63, 3.8) is 0 Å². The number of benzene rings is 1. The lowest BCUT2D eigenvalue weighted by Gasteiger charge is -2.07. The van der Waals surface area contributed by atoms with Crippen LogP contribution >= 0.6 is 15.9 Å². The normalized spacial score (nSPS) is 12.6. The van der Waals surface area contributed by atoms with Gasteiger partial charge in [0, 0.05) is 10.9 Å². The van der Waals surface area contributed by atoms with Crippen LogP contribution in [0.4, 0.5) is 0 Å². The molecular formula is C13H17BrN4. The second-order valence-electron chi connectivity index (χ2n) is 4.45. The zero-order valence-corrected chi connectivity index (χ0v) is 12.0. The molecule has 2 aromatic rings. The van der Waals surface area contributed by atoms with Gasteiger partial charge in [-0.1, -0.05) is 53.2 Å². The van der Waals surface area contributed by atoms with Crippen LogP contribution in [0.2, 0.25) is 0 Å². The highest BCUT2D eigenvalue weighted by Gasteiger charge is 2.06. The summed E-state index contributed by atoms with van der Waals surface area (Å²) in [6, 6.07) is 9.93. The minimum atomic E-state index is 0.676. The zero-order chi connectivity index (χ0) is 12.8. The van der Waals surface area contributed by atoms with Gasteiger partial charge in [0.25, 0.3) is 0 Å². The molecule has 0 spiro atoms. The van der Waals surface area contributed by atoms with Crippen molar-refractivity contribution in [2.75, 3.05) is 5.33 Å². The molecule has 0 saturated carbocycles. The summed E-state index contributed by atoms with van der Waals surface area (Å²) in [6.45, 7) is 3.07. The molecule has 0 N–H and O–H groups in total. The van der Waals surface area contributed by atoms with Crippen molar-refractivity contribution in [1.82, 2.24) is 20.2 Å². The van der Waals surface area contributed by atoms with E-state index >= 15 is 0 Å². The molecule has 0 bridgehead atoms. The zero-order valence-electron chi connectivity index (χ0n) is 10.5. The van der Waals surface area contributed by atoms with E-state index in [0.29, 0.717) is 11.7 Å². The Morgan fingerprint density at radius 3 is 2.72 bits per heavy atom. The smallest absolute Gasteiger partial charge is 0.164 e. The largest absolute Gasteiger partial charge is 0.204 e. The van der Waals surface area contributed by atoms with E-state index < -0.39 is 0 Å². The molecule has 0 aliphatic carbocycles. The first-order chi connectivity index (χ1) is 8.79. The number of aryl methyl sites for hydroxylation is 1. The van der Waals surface area contributed by atoms with Gasteiger partial charge in [0.05, 0.1) is 6.54 Å². The van der Waals surface area contributed by atoms with Gasteiger partial charge in [-0.25, -0.2) is 0 Å². The van der Waals surface area contributed by atoms with Gasteiger partial charge in [0.1, 0.15) is 0 Å². The van der Waals surface area contributed by atoms with Crippen LogP contribution in [0.15, 0.2) is 30.3 Å². The molecule has 96 valence electrons. The van der Waals surface area contributed by atoms with E-state index in [2.05, 4.69) is 38.3 Å². The van der Waals surface area contributed by atoms with Gasteiger partial charge in [0.15, 0.2) is 0 Å². The van der Waals surface area contributed by atoms with Crippen LogP contribution in [0.1, 0.15) is 19.8 Å². The fraction of sp³-hybridized carbons (Fsp3) is 0.462. The minimum absolute atomic E-state index is 0.676. The lowest BCUT2D eigenvalue weighted by atomic mass is 10.1. The average Bonchev–Trinajstić information content (AvgIpc) is 2.87. The first-order valence-electron chi connectivity index (χ1n) is 6.19. The van der Waals surface area contributed by atoms with E-state index in [1.807, 2.05) is 30.3 Å². The molecule has 1 aromatic carbocycles. The molecule has 0 amide bonds. The molecule has 0 saturated heterocycles. The Bertz CT molecular complexity index is 469. The molecule has 0 aliphatic rings. The highest BCUT2D eigenvalue weighted by molar-refractivity contribution is 9.09. The van der Waals surface area contributed by atoms with Gasteiger partial charge in [-0.05, 0) is 24.0 Å². The molecule has 2 rings (SSSR count). The van der Waals surface area contributed by atoms with Crippen LogP contribution in [0.5, 0.6) is 0 Å². The van der Waals surface area contributed by atoms with Crippen molar-refractivity contribution in [3.8, 4) is 11.4 Å². The van der Waals surface area contributed by atoms with Crippen molar-refractivity contribution in [1.29, 1.82) is 0 Å². The summed E-state index contributed by atoms with van der Waals surface area (Å²) in [5.74, 6) is 1.37. The topological polar surface area (TPSA) is 43.6 Å². The van der Waals surface area contributed by atoms with Crippen molar-refractivity contribution in [3.05, 3.63) is 30.3 Å². The lowest BCUT2D eigenvalue weighted by Crippen LogP contribution is -2.07. The molecule has 0 radical (unpaired) electrons. The van der Waals surface area contributed by atoms with Crippen molar-refractivity contribution in [2.45, 2.75) is 26.3 Å². The predicted octanol–water partition coefficient (Wildman–Crippen LogP) is 3.15. The number of tetrazole rings is 1. The number of halogens is 1. The summed E-state index contributed by atoms with van der Waals surface area (Å²) in [4.78, 5) is 1.69. The van der Waals surface area contributed by atoms with E-state index in [-0.39, 0.29) is 0 Å². The maximum Gasteiger partial charge on any atom is 0.204 e. The maximum absolute atomic E-state index is 4.40. The quantitative estimate of drug-likeness (QED) is 0.770. The Morgan fingerprint density at radius 1 is 1.22 bits per heavy atom. The summed E-state index contributed by atoms with van der Waals surface area (Å²) in [5, 5.41) is 13.6. The molecule has 1 heterocycles. The molecule has 1 atom stereocenters. The Kier molecular flexibility index (Phi) is 4.87. The second-order valence-corrected chi connectivity index (χ2v) is 5.24. The third kappa shape index (κ3) is 3.63. The van der Waals surface area contributed by atoms with Gasteiger partial charge >= 0.3 is 0 Å². The summed E-state index contributed by atoms with van der Waals surface area (Å²) >= 11 is 3.46. The highest BCUT2D eigenvalue weighted by atomic mass is 79.9. The van der Waals surface area contributed by atoms with Crippen LogP contribution in [0.25, 0.3) is 11.4 Å². The molecule has 4 nitrogen and oxygen atoms in total. The number of hydrogen-bond acceptors (Lipinski definition) is 3. The molecular weight excluding hydrogens is 292 g/mol. The molecule has 0 fully saturated rings. The van der Waals surface area contributed by atoms with Crippen molar-refractivity contribution >= 4 is 15.9 Å². The summed E-state index contributed by atoms with van der Waals surface area (Å²) in [5.41, 5.74) is 1.01. The molecule has 1 unspecified atom stereocenters. The predicted molar refractivity (Wildman–Crippen MR) is 75.4 cm³/mol. The number of alkyl halides is 1. The third-order valence-electron chi connectivity index (χ3n) is 2.91. The van der Waals surface area contributed by atoms with Gasteiger partial charge < -0.3 is 0 Å². The SMILES string of the molecule is CC(CCBr)CCn1nnc(-c2ccccc2)n1. The third-order valence-corrected chi connectivity index (χ3v) is 3.37. The number of hydrogen-bond donors (Lipinski definition) is 0. The van der Waals surface area contributed by atoms with E-state index in [0.717, 1.165) is 23.9 Å². The first kappa shape index (κ1) is 13.2. The van der Waals surface area contributed by atoms with Crippen LogP contribution in [-0.4, -0.2) is 25.5 Å². The lowest BCUT2D eigenvalue weighted by molar-refractivity contribution is 0.418. The van der Waals surface area contributed by atoms with Gasteiger partial charge in [-0.15, -0.1) is 10.2 Å². The van der Waals surface area contributed by atoms with E-state index in [1.165, 1.54) is 6.42 Å². The summed E-state index contributed by atoms with van der Waals surface area (Å²) in [7, 11) is 0. The molecule has 1 aromatic heterocycles. The number of rotatable bonds is 6. The highest BCUT2D eigenvalue weighted by Crippen LogP contribution is 2.13. The van der Waals surface area contributed by atoms with Crippen LogP contribution in [-0.2, 0) is 6.54 Å². The molecule has 0 aliphatic heterocycles. The van der Waals surface area contributed by atoms with Crippen LogP contribution in [0.3, 0.4) is 0 Å². The maximum atomic E-state index is 4.40. The molecule has 18 heavy (non-hydrogen) atoms. The van der Waals surface area contributed by atoms with E-state index in [1.54, 1.807) is 4.80 Å². The number of nitrogens with zero attached hydrogens (tertiary/aromatic N) is 4. The van der Waals surface area contributed by atoms with E-state index in [9.17, 15) is 0 Å². The summed E-state index contributed by atoms with van der Waals surface area (Å²) < 4.78 is 0. The van der Waals surface area contributed by atoms with Crippen molar-refractivity contribution < 1.29 is 0 Å². The standard InChI is InChI=1S/C13H17BrN4/c1-11(7-9-14)8-10-18-16-13(15-17-18)12-5-3-2-4-6-12/h2-6,11H,7-10H2,1H3. The van der Waals surface area contributed by atoms with E-state index in [4.69, 9.17) is 0 Å². The Hall–Kier alpha value is -1.23. The Morgan fingerprint density at radius 2 is 2.00 bits per heavy atom. The fourth-order valence-electron chi connectivity index (χ4n) is 1.71. The second kappa shape index (κ2) is 6.64. The Labute approximate surface area is 116 Å². The monoisotopic (exact) mass is 308 g/mol. The summed E-state index contributed by atoms with van der Waals surface area (Å²) in [6.07, 6.45) is 2.26. The van der Waals surface area contributed by atoms with Crippen LogP contribution < -0.4 is 0 Å². The fourth-order valence-corrected chi connectivity index (χ4v) is 2.49. The molecule has 5 heteroatoms. The van der Waals surface area contributed by atoms with Gasteiger partial charge in [-0.3, -0.25) is 0 Å².